The van der Waals surface area contributed by atoms with Crippen molar-refractivity contribution in [3.8, 4) is 5.69 Å². The summed E-state index contributed by atoms with van der Waals surface area (Å²) in [6.07, 6.45) is 4.35. The number of pyridine rings is 2. The standard InChI is InChI=1S/C11H8N2O3/c14-10-4-3-8(11(15)16)7-13(10)9-2-1-5-12-6-9/h1-7H,(H,15,16). The molecule has 0 radical (unpaired) electrons. The Morgan fingerprint density at radius 3 is 2.75 bits per heavy atom. The summed E-state index contributed by atoms with van der Waals surface area (Å²) in [6.45, 7) is 0. The number of aromatic carboxylic acids is 1. The molecule has 16 heavy (non-hydrogen) atoms. The monoisotopic (exact) mass is 216 g/mol. The minimum atomic E-state index is -1.07. The molecule has 5 heteroatoms. The van der Waals surface area contributed by atoms with E-state index in [1.807, 2.05) is 0 Å². The lowest BCUT2D eigenvalue weighted by Gasteiger charge is -2.05. The van der Waals surface area contributed by atoms with E-state index in [9.17, 15) is 9.59 Å². The molecule has 80 valence electrons. The lowest BCUT2D eigenvalue weighted by atomic mass is 10.3. The molecule has 0 saturated carbocycles. The van der Waals surface area contributed by atoms with Gasteiger partial charge < -0.3 is 5.11 Å². The molecule has 0 aliphatic carbocycles. The van der Waals surface area contributed by atoms with Crippen LogP contribution in [0.15, 0.2) is 47.7 Å². The van der Waals surface area contributed by atoms with E-state index in [2.05, 4.69) is 4.98 Å². The highest BCUT2D eigenvalue weighted by Crippen LogP contribution is 2.04. The molecule has 0 fully saturated rings. The summed E-state index contributed by atoms with van der Waals surface area (Å²) in [7, 11) is 0. The van der Waals surface area contributed by atoms with Gasteiger partial charge in [0.25, 0.3) is 5.56 Å². The van der Waals surface area contributed by atoms with Crippen LogP contribution in [0.25, 0.3) is 5.69 Å². The average molecular weight is 216 g/mol. The first-order valence-corrected chi connectivity index (χ1v) is 4.55. The van der Waals surface area contributed by atoms with Crippen molar-refractivity contribution >= 4 is 5.97 Å². The first-order chi connectivity index (χ1) is 7.68. The van der Waals surface area contributed by atoms with Gasteiger partial charge in [0, 0.05) is 18.5 Å². The Kier molecular flexibility index (Phi) is 2.51. The molecule has 0 spiro atoms. The maximum Gasteiger partial charge on any atom is 0.337 e. The van der Waals surface area contributed by atoms with Crippen LogP contribution in [-0.2, 0) is 0 Å². The minimum Gasteiger partial charge on any atom is -0.478 e. The molecule has 2 aromatic heterocycles. The summed E-state index contributed by atoms with van der Waals surface area (Å²) in [4.78, 5) is 26.2. The quantitative estimate of drug-likeness (QED) is 0.810. The maximum absolute atomic E-state index is 11.5. The van der Waals surface area contributed by atoms with Crippen LogP contribution < -0.4 is 5.56 Å². The second-order valence-electron chi connectivity index (χ2n) is 3.14. The third-order valence-corrected chi connectivity index (χ3v) is 2.08. The van der Waals surface area contributed by atoms with Crippen LogP contribution >= 0.6 is 0 Å². The largest absolute Gasteiger partial charge is 0.478 e. The predicted octanol–water partition coefficient (Wildman–Crippen LogP) is 0.931. The molecule has 0 saturated heterocycles. The normalized spacial score (nSPS) is 10.0. The molecular weight excluding hydrogens is 208 g/mol. The van der Waals surface area contributed by atoms with Gasteiger partial charge in [0.1, 0.15) is 0 Å². The Morgan fingerprint density at radius 2 is 2.12 bits per heavy atom. The van der Waals surface area contributed by atoms with Crippen LogP contribution in [0.1, 0.15) is 10.4 Å². The molecule has 0 bridgehead atoms. The fourth-order valence-corrected chi connectivity index (χ4v) is 1.31. The van der Waals surface area contributed by atoms with Crippen molar-refractivity contribution in [3.05, 3.63) is 58.8 Å². The van der Waals surface area contributed by atoms with Gasteiger partial charge in [0.05, 0.1) is 17.4 Å². The van der Waals surface area contributed by atoms with E-state index in [4.69, 9.17) is 5.11 Å². The van der Waals surface area contributed by atoms with Gasteiger partial charge in [-0.2, -0.15) is 0 Å². The highest BCUT2D eigenvalue weighted by Gasteiger charge is 2.06. The van der Waals surface area contributed by atoms with E-state index in [-0.39, 0.29) is 11.1 Å². The van der Waals surface area contributed by atoms with Crippen LogP contribution in [0.4, 0.5) is 0 Å². The highest BCUT2D eigenvalue weighted by atomic mass is 16.4. The van der Waals surface area contributed by atoms with Crippen molar-refractivity contribution in [2.24, 2.45) is 0 Å². The molecule has 0 aromatic carbocycles. The van der Waals surface area contributed by atoms with Gasteiger partial charge in [-0.05, 0) is 18.2 Å². The number of carbonyl (C=O) groups is 1. The van der Waals surface area contributed by atoms with Crippen LogP contribution in [0, 0.1) is 0 Å². The summed E-state index contributed by atoms with van der Waals surface area (Å²) in [5.74, 6) is -1.07. The van der Waals surface area contributed by atoms with Gasteiger partial charge in [-0.25, -0.2) is 4.79 Å². The molecule has 0 atom stereocenters. The van der Waals surface area contributed by atoms with Gasteiger partial charge in [-0.3, -0.25) is 14.3 Å². The summed E-state index contributed by atoms with van der Waals surface area (Å²) >= 11 is 0. The van der Waals surface area contributed by atoms with Gasteiger partial charge in [0.2, 0.25) is 0 Å². The van der Waals surface area contributed by atoms with Crippen LogP contribution in [0.5, 0.6) is 0 Å². The molecule has 0 amide bonds. The SMILES string of the molecule is O=C(O)c1ccc(=O)n(-c2cccnc2)c1. The molecule has 5 nitrogen and oxygen atoms in total. The van der Waals surface area contributed by atoms with Crippen LogP contribution in [-0.4, -0.2) is 20.6 Å². The Labute approximate surface area is 90.6 Å². The van der Waals surface area contributed by atoms with E-state index in [1.165, 1.54) is 29.1 Å². The van der Waals surface area contributed by atoms with E-state index in [1.54, 1.807) is 18.3 Å². The number of hydrogen-bond donors (Lipinski definition) is 1. The fourth-order valence-electron chi connectivity index (χ4n) is 1.31. The Bertz CT molecular complexity index is 575. The van der Waals surface area contributed by atoms with Gasteiger partial charge >= 0.3 is 5.97 Å². The summed E-state index contributed by atoms with van der Waals surface area (Å²) in [5, 5.41) is 8.82. The van der Waals surface area contributed by atoms with Crippen molar-refractivity contribution in [2.75, 3.05) is 0 Å². The fraction of sp³-hybridized carbons (Fsp3) is 0. The topological polar surface area (TPSA) is 72.2 Å². The van der Waals surface area contributed by atoms with Crippen LogP contribution in [0.2, 0.25) is 0 Å². The zero-order valence-electron chi connectivity index (χ0n) is 8.20. The zero-order valence-corrected chi connectivity index (χ0v) is 8.20. The molecule has 0 unspecified atom stereocenters. The van der Waals surface area contributed by atoms with Gasteiger partial charge in [-0.1, -0.05) is 0 Å². The average Bonchev–Trinajstić information content (AvgIpc) is 2.30. The third kappa shape index (κ3) is 1.83. The van der Waals surface area contributed by atoms with Crippen molar-refractivity contribution in [1.82, 2.24) is 9.55 Å². The first-order valence-electron chi connectivity index (χ1n) is 4.55. The molecule has 0 aliphatic rings. The van der Waals surface area contributed by atoms with E-state index in [0.717, 1.165) is 0 Å². The number of carboxylic acids is 1. The second-order valence-corrected chi connectivity index (χ2v) is 3.14. The highest BCUT2D eigenvalue weighted by molar-refractivity contribution is 5.87. The van der Waals surface area contributed by atoms with Crippen molar-refractivity contribution in [1.29, 1.82) is 0 Å². The second kappa shape index (κ2) is 3.98. The molecule has 2 aromatic rings. The third-order valence-electron chi connectivity index (χ3n) is 2.08. The molecule has 1 N–H and O–H groups in total. The van der Waals surface area contributed by atoms with Gasteiger partial charge in [0.15, 0.2) is 0 Å². The number of hydrogen-bond acceptors (Lipinski definition) is 3. The number of rotatable bonds is 2. The minimum absolute atomic E-state index is 0.0588. The van der Waals surface area contributed by atoms with E-state index in [0.29, 0.717) is 5.69 Å². The smallest absolute Gasteiger partial charge is 0.337 e. The number of carboxylic acid groups (broad SMARTS) is 1. The Morgan fingerprint density at radius 1 is 1.31 bits per heavy atom. The summed E-state index contributed by atoms with van der Waals surface area (Å²) < 4.78 is 1.25. The van der Waals surface area contributed by atoms with Gasteiger partial charge in [-0.15, -0.1) is 0 Å². The van der Waals surface area contributed by atoms with Crippen LogP contribution in [0.3, 0.4) is 0 Å². The van der Waals surface area contributed by atoms with E-state index >= 15 is 0 Å². The maximum atomic E-state index is 11.5. The van der Waals surface area contributed by atoms with Crippen molar-refractivity contribution in [2.45, 2.75) is 0 Å². The molecule has 2 rings (SSSR count). The zero-order chi connectivity index (χ0) is 11.5. The Hall–Kier alpha value is -2.43. The van der Waals surface area contributed by atoms with Crippen molar-refractivity contribution < 1.29 is 9.90 Å². The number of aromatic nitrogens is 2. The summed E-state index contributed by atoms with van der Waals surface area (Å²) in [5.41, 5.74) is 0.303. The number of nitrogens with zero attached hydrogens (tertiary/aromatic N) is 2. The van der Waals surface area contributed by atoms with E-state index < -0.39 is 5.97 Å². The first kappa shape index (κ1) is 10.1. The summed E-state index contributed by atoms with van der Waals surface area (Å²) in [6, 6.07) is 5.85. The predicted molar refractivity (Wildman–Crippen MR) is 56.8 cm³/mol. The molecular formula is C11H8N2O3. The lowest BCUT2D eigenvalue weighted by Crippen LogP contribution is -2.18. The molecule has 0 aliphatic heterocycles. The lowest BCUT2D eigenvalue weighted by molar-refractivity contribution is 0.0696. The molecule has 2 heterocycles. The van der Waals surface area contributed by atoms with Crippen molar-refractivity contribution in [3.63, 3.8) is 0 Å². The Balaban J connectivity index is 2.61.